The molecule has 35 nitrogen and oxygen atoms in total. The first-order valence-electron chi connectivity index (χ1n) is 46.2. The molecule has 5 aliphatic heterocycles. The predicted octanol–water partition coefficient (Wildman–Crippen LogP) is 7.43. The summed E-state index contributed by atoms with van der Waals surface area (Å²) in [6.07, 6.45) is 7.13. The van der Waals surface area contributed by atoms with Crippen molar-refractivity contribution in [3.8, 4) is 11.5 Å². The minimum absolute atomic E-state index is 0.0236. The van der Waals surface area contributed by atoms with E-state index in [1.165, 1.54) is 78.6 Å². The number of allylic oxidation sites excluding steroid dienone is 3. The highest BCUT2D eigenvalue weighted by Gasteiger charge is 2.78. The molecule has 138 heavy (non-hydrogen) atoms. The number of nitrogens with zero attached hydrogens (tertiary/aromatic N) is 2. The van der Waals surface area contributed by atoms with Crippen LogP contribution in [0.5, 0.6) is 11.5 Å². The van der Waals surface area contributed by atoms with Crippen molar-refractivity contribution in [2.24, 2.45) is 11.5 Å². The molecule has 2 aromatic heterocycles. The number of esters is 1. The van der Waals surface area contributed by atoms with E-state index in [-0.39, 0.29) is 91.7 Å². The monoisotopic (exact) mass is 2000 g/mol. The molecule has 5 aromatic carbocycles. The Labute approximate surface area is 822 Å². The Morgan fingerprint density at radius 3 is 2.04 bits per heavy atom. The lowest BCUT2D eigenvalue weighted by atomic mass is 9.63. The van der Waals surface area contributed by atoms with Crippen LogP contribution in [0.3, 0.4) is 0 Å². The average Bonchev–Trinajstić information content (AvgIpc) is 1.52. The third-order valence-electron chi connectivity index (χ3n) is 26.2. The summed E-state index contributed by atoms with van der Waals surface area (Å²) in [6, 6.07) is 19.4. The number of hydrogen-bond donors (Lipinski definition) is 15. The van der Waals surface area contributed by atoms with Crippen molar-refractivity contribution in [1.82, 2.24) is 62.7 Å². The Morgan fingerprint density at radius 1 is 0.739 bits per heavy atom. The van der Waals surface area contributed by atoms with Crippen LogP contribution < -0.4 is 69.0 Å². The highest BCUT2D eigenvalue weighted by Crippen LogP contribution is 2.64. The Morgan fingerprint density at radius 2 is 1.38 bits per heavy atom. The molecule has 17 N–H and O–H groups in total. The number of alkyl carbamates (subject to hydrolysis) is 1. The molecule has 13 rings (SSSR count). The molecular formula is C98H126ClN15O20S4. The van der Waals surface area contributed by atoms with Gasteiger partial charge in [0, 0.05) is 131 Å². The molecule has 1 saturated carbocycles. The van der Waals surface area contributed by atoms with Gasteiger partial charge in [-0.2, -0.15) is 0 Å². The topological polar surface area (TPSA) is 499 Å². The number of phenolic OH excluding ortho intramolecular Hbond substituents is 1. The van der Waals surface area contributed by atoms with Crippen LogP contribution in [-0.4, -0.2) is 269 Å². The number of aliphatic hydroxyl groups is 1. The van der Waals surface area contributed by atoms with Crippen LogP contribution in [0.4, 0.5) is 10.5 Å². The van der Waals surface area contributed by atoms with Crippen LogP contribution in [0, 0.1) is 0 Å². The number of aromatic nitrogens is 2. The van der Waals surface area contributed by atoms with Crippen molar-refractivity contribution < 1.29 is 96.2 Å². The second-order valence-electron chi connectivity index (χ2n) is 36.1. The molecule has 0 spiro atoms. The first-order chi connectivity index (χ1) is 66.0. The van der Waals surface area contributed by atoms with Crippen LogP contribution in [0.2, 0.25) is 5.02 Å². The summed E-state index contributed by atoms with van der Waals surface area (Å²) in [5.41, 5.74) is 12.5. The minimum Gasteiger partial charge on any atom is -0.508 e. The summed E-state index contributed by atoms with van der Waals surface area (Å²) in [5.74, 6) is -8.51. The number of benzene rings is 5. The summed E-state index contributed by atoms with van der Waals surface area (Å²) in [4.78, 5) is 188. The number of aliphatic hydroxyl groups excluding tert-OH is 1. The van der Waals surface area contributed by atoms with Crippen molar-refractivity contribution in [3.63, 3.8) is 0 Å². The molecule has 7 heterocycles. The lowest BCUT2D eigenvalue weighted by Crippen LogP contribution is -2.78. The number of anilines is 1. The van der Waals surface area contributed by atoms with E-state index < -0.39 is 179 Å². The maximum Gasteiger partial charge on any atom is 0.407 e. The number of likely N-dealkylation sites (N-methyl/N-ethyl adjacent to an activating group) is 1. The number of amides is 11. The number of carbonyl (C=O) groups is 12. The molecular weight excluding hydrogens is 1870 g/mol. The number of carbonyl (C=O) groups excluding carboxylic acids is 12. The van der Waals surface area contributed by atoms with Crippen molar-refractivity contribution in [3.05, 3.63) is 184 Å². The molecule has 3 saturated heterocycles. The number of H-pyrrole nitrogens is 2. The van der Waals surface area contributed by atoms with Gasteiger partial charge in [-0.1, -0.05) is 170 Å². The molecule has 744 valence electrons. The van der Waals surface area contributed by atoms with Gasteiger partial charge in [0.05, 0.1) is 43.5 Å². The summed E-state index contributed by atoms with van der Waals surface area (Å²) in [6.45, 7) is 8.62. The number of aromatic amines is 2. The summed E-state index contributed by atoms with van der Waals surface area (Å²) in [5, 5.41) is 48.9. The van der Waals surface area contributed by atoms with E-state index in [9.17, 15) is 34.2 Å². The van der Waals surface area contributed by atoms with Gasteiger partial charge in [0.15, 0.2) is 5.60 Å². The van der Waals surface area contributed by atoms with Crippen molar-refractivity contribution in [2.45, 2.75) is 232 Å². The number of fused-ring (bicyclic) bond motifs is 8. The molecule has 0 radical (unpaired) electrons. The maximum atomic E-state index is 15.4. The molecule has 4 fully saturated rings. The van der Waals surface area contributed by atoms with Gasteiger partial charge < -0.3 is 118 Å². The Bertz CT molecular complexity index is 5570. The Kier molecular flexibility index (Phi) is 37.1. The SMILES string of the molecule is COc1cc2cc(c1Cl)N(C)C(=O)C[C@@](OC(=O)[C@H](C)N(C)C(=O)CCSSCCNC(=O)[C@H](Cc1c[nH]c3ccccc13)NC(=O)[C@@H]1CSSC[C@H](NC(=O)[C@H](N)Cc3ccccc3)C(=O)N[C@@H](Cc3ccc(O)cc3)C(=O)N[C@H](Cc3c[nH]c4ccccc34)C(=O)N[C@@H](CCCCCN)C(=O)N[C@@H]([C@@H](C)O)C(=O)N1)(C1(OC)CC1)[C@@]1(C)CC(C)(O1)[C@@H]1CC(NC(=O)O1)[C@H](OC)/C=C/C=C(\C)C2. The van der Waals surface area contributed by atoms with Gasteiger partial charge in [0.1, 0.15) is 87.8 Å². The lowest BCUT2D eigenvalue weighted by molar-refractivity contribution is -0.365. The van der Waals surface area contributed by atoms with Crippen LogP contribution in [0.1, 0.15) is 127 Å². The van der Waals surface area contributed by atoms with Crippen LogP contribution in [-0.2, 0) is 109 Å². The standard InChI is InChI=1S/C98H126ClN15O20S4/c1-56-22-21-30-78(129-8)71-49-80(132-94(128)111-71)95(4)55-96(5,134-95)98(97(131-10)36-37-97,50-82(118)114(7)77-45-61(42-56)46-79(130-9)83(77)99)133-93(127)57(2)113(6)81(117)35-40-135-136-41-39-102-86(120)73(47-62-51-103-68-27-18-16-25-65(62)68)107-91(125)76-54-138-137-53-75(109-85(119)67(101)43-59-23-13-11-14-24-59)90(124)106-72(44-60-31-33-64(116)34-32-60)88(122)108-74(48-63-52-104-69-28-19-17-26-66(63)69)89(123)105-70(29-15-12-20-38-100)87(121)112-84(58(3)115)92(126)110-76/h11,13-14,16-19,21-28,30-34,45-46,51-52,57-58,67,70-76,78,80,84,103-104,115-116H,12,15,20,29,35-44,47-50,53-55,100-101H2,1-10H3,(H,102,120)(H,105,123)(H,106,124)(H,107,125)(H,108,122)(H,109,119)(H,110,126)(H,111,128)(H,112,121)/b30-21+,56-22+/t57-,58+,67+,70-,71?,72-,73-,74+,75-,76-,78+,80-,84-,95?,96+,98-/m0/s1. The molecule has 11 amide bonds. The van der Waals surface area contributed by atoms with Gasteiger partial charge in [-0.25, -0.2) is 9.59 Å². The van der Waals surface area contributed by atoms with E-state index in [1.807, 2.05) is 67.6 Å². The number of nitrogens with one attached hydrogen (secondary N) is 11. The fraction of sp³-hybridized carbons (Fsp3) is 0.490. The molecule has 6 aliphatic rings. The number of unbranched alkanes of at least 4 members (excludes halogenated alkanes) is 2. The zero-order valence-corrected chi connectivity index (χ0v) is 83.0. The molecule has 7 aromatic rings. The van der Waals surface area contributed by atoms with Crippen LogP contribution >= 0.6 is 54.8 Å². The van der Waals surface area contributed by atoms with E-state index in [0.29, 0.717) is 84.1 Å². The van der Waals surface area contributed by atoms with Gasteiger partial charge >= 0.3 is 12.1 Å². The third kappa shape index (κ3) is 26.4. The summed E-state index contributed by atoms with van der Waals surface area (Å²) in [7, 11) is 12.2. The Hall–Kier alpha value is -10.8. The molecule has 2 unspecified atom stereocenters. The van der Waals surface area contributed by atoms with Gasteiger partial charge in [0.2, 0.25) is 59.1 Å². The quantitative estimate of drug-likeness (QED) is 0.0108. The van der Waals surface area contributed by atoms with Gasteiger partial charge in [-0.3, -0.25) is 47.9 Å². The fourth-order valence-electron chi connectivity index (χ4n) is 18.2. The first kappa shape index (κ1) is 106. The van der Waals surface area contributed by atoms with Crippen LogP contribution in [0.15, 0.2) is 151 Å². The van der Waals surface area contributed by atoms with Crippen molar-refractivity contribution in [1.29, 1.82) is 0 Å². The highest BCUT2D eigenvalue weighted by atomic mass is 35.5. The largest absolute Gasteiger partial charge is 0.508 e. The Balaban J connectivity index is 0.758. The number of rotatable bonds is 33. The number of methoxy groups -OCH3 is 3. The lowest BCUT2D eigenvalue weighted by Gasteiger charge is -2.64. The van der Waals surface area contributed by atoms with Crippen LogP contribution in [0.25, 0.3) is 21.8 Å². The number of aromatic hydroxyl groups is 1. The number of nitrogens with two attached hydrogens (primary N) is 2. The fourth-order valence-corrected chi connectivity index (χ4v) is 22.7. The van der Waals surface area contributed by atoms with Gasteiger partial charge in [-0.15, -0.1) is 0 Å². The number of halogens is 1. The zero-order valence-electron chi connectivity index (χ0n) is 79.0. The van der Waals surface area contributed by atoms with E-state index in [4.69, 9.17) is 51.5 Å². The summed E-state index contributed by atoms with van der Waals surface area (Å²) >= 11 is 7.06. The number of ether oxygens (including phenoxy) is 6. The molecule has 40 heteroatoms. The average molecular weight is 2000 g/mol. The number of para-hydroxylation sites is 2. The van der Waals surface area contributed by atoms with Crippen molar-refractivity contribution >= 4 is 153 Å². The number of hydrogen-bond acceptors (Lipinski definition) is 26. The second kappa shape index (κ2) is 48.4. The first-order valence-corrected chi connectivity index (χ1v) is 51.5. The molecule has 1 aliphatic carbocycles. The minimum atomic E-state index is -1.90. The smallest absolute Gasteiger partial charge is 0.407 e. The predicted molar refractivity (Wildman–Crippen MR) is 532 cm³/mol. The normalized spacial score (nSPS) is 25.6. The number of phenols is 1. The molecule has 16 atom stereocenters. The highest BCUT2D eigenvalue weighted by molar-refractivity contribution is 8.77. The second-order valence-corrected chi connectivity index (χ2v) is 41.8. The zero-order chi connectivity index (χ0) is 99.3. The van der Waals surface area contributed by atoms with E-state index in [2.05, 4.69) is 57.8 Å². The maximum absolute atomic E-state index is 15.4. The molecule has 6 bridgehead atoms. The van der Waals surface area contributed by atoms with E-state index in [1.54, 1.807) is 101 Å². The van der Waals surface area contributed by atoms with Gasteiger partial charge in [-0.05, 0) is 144 Å². The van der Waals surface area contributed by atoms with E-state index in [0.717, 1.165) is 49.2 Å². The van der Waals surface area contributed by atoms with E-state index >= 15 is 33.6 Å². The van der Waals surface area contributed by atoms with Gasteiger partial charge in [0.25, 0.3) is 0 Å². The third-order valence-corrected chi connectivity index (χ3v) is 31.4. The van der Waals surface area contributed by atoms with Crippen molar-refractivity contribution in [2.75, 3.05) is 76.4 Å². The summed E-state index contributed by atoms with van der Waals surface area (Å²) < 4.78 is 38.0.